The van der Waals surface area contributed by atoms with Crippen molar-refractivity contribution in [3.8, 4) is 0 Å². The Morgan fingerprint density at radius 2 is 1.91 bits per heavy atom. The van der Waals surface area contributed by atoms with E-state index in [1.165, 1.54) is 19.3 Å². The van der Waals surface area contributed by atoms with Crippen molar-refractivity contribution in [2.45, 2.75) is 70.3 Å². The Bertz CT molecular complexity index is 907. The topological polar surface area (TPSA) is 130 Å². The van der Waals surface area contributed by atoms with Crippen LogP contribution in [0.15, 0.2) is 36.8 Å². The van der Waals surface area contributed by atoms with Crippen molar-refractivity contribution in [1.29, 1.82) is 0 Å². The van der Waals surface area contributed by atoms with E-state index in [1.807, 2.05) is 12.1 Å². The van der Waals surface area contributed by atoms with Crippen molar-refractivity contribution in [3.63, 3.8) is 0 Å². The van der Waals surface area contributed by atoms with Gasteiger partial charge in [0, 0.05) is 36.8 Å². The zero-order valence-electron chi connectivity index (χ0n) is 19.1. The molecule has 5 N–H and O–H groups in total. The summed E-state index contributed by atoms with van der Waals surface area (Å²) in [5.41, 5.74) is 7.73. The maximum Gasteiger partial charge on any atom is 0.248 e. The minimum atomic E-state index is -0.528. The maximum atomic E-state index is 12.9. The van der Waals surface area contributed by atoms with Gasteiger partial charge in [-0.25, -0.2) is 4.98 Å². The fourth-order valence-electron chi connectivity index (χ4n) is 4.54. The molecule has 1 saturated carbocycles. The molecule has 8 heteroatoms. The molecule has 0 radical (unpaired) electrons. The summed E-state index contributed by atoms with van der Waals surface area (Å²) < 4.78 is 0. The van der Waals surface area contributed by atoms with Crippen LogP contribution >= 0.6 is 0 Å². The van der Waals surface area contributed by atoms with Crippen LogP contribution in [0.2, 0.25) is 0 Å². The number of aromatic amines is 1. The molecule has 0 saturated heterocycles. The van der Waals surface area contributed by atoms with Gasteiger partial charge in [-0.15, -0.1) is 0 Å². The number of H-pyrrole nitrogens is 1. The molecule has 1 unspecified atom stereocenters. The van der Waals surface area contributed by atoms with Gasteiger partial charge in [0.1, 0.15) is 6.04 Å². The SMILES string of the molecule is NC(=O)c1ccccc1CCCC(=O)NC(CC1CCCCC1)C(=O)NCCc1cnc[nH]1. The third-order valence-electron chi connectivity index (χ3n) is 6.33. The first kappa shape index (κ1) is 24.5. The molecular weight excluding hydrogens is 418 g/mol. The lowest BCUT2D eigenvalue weighted by molar-refractivity contribution is -0.129. The van der Waals surface area contributed by atoms with E-state index in [-0.39, 0.29) is 18.2 Å². The summed E-state index contributed by atoms with van der Waals surface area (Å²) >= 11 is 0. The molecule has 1 atom stereocenters. The number of carbonyl (C=O) groups excluding carboxylic acids is 3. The molecule has 178 valence electrons. The van der Waals surface area contributed by atoms with Gasteiger partial charge < -0.3 is 21.4 Å². The predicted octanol–water partition coefficient (Wildman–Crippen LogP) is 2.65. The number of aromatic nitrogens is 2. The van der Waals surface area contributed by atoms with E-state index in [1.54, 1.807) is 24.7 Å². The largest absolute Gasteiger partial charge is 0.366 e. The summed E-state index contributed by atoms with van der Waals surface area (Å²) in [5.74, 6) is -0.275. The Morgan fingerprint density at radius 3 is 2.64 bits per heavy atom. The van der Waals surface area contributed by atoms with Gasteiger partial charge in [0.2, 0.25) is 17.7 Å². The average molecular weight is 454 g/mol. The molecule has 1 aliphatic carbocycles. The second kappa shape index (κ2) is 12.8. The van der Waals surface area contributed by atoms with Crippen LogP contribution in [0, 0.1) is 5.92 Å². The molecule has 0 spiro atoms. The van der Waals surface area contributed by atoms with Crippen molar-refractivity contribution in [2.24, 2.45) is 11.7 Å². The highest BCUT2D eigenvalue weighted by molar-refractivity contribution is 5.94. The normalized spacial score (nSPS) is 15.0. The van der Waals surface area contributed by atoms with E-state index in [0.717, 1.165) is 24.1 Å². The van der Waals surface area contributed by atoms with E-state index in [2.05, 4.69) is 20.6 Å². The van der Waals surface area contributed by atoms with E-state index in [4.69, 9.17) is 5.73 Å². The van der Waals surface area contributed by atoms with Crippen molar-refractivity contribution in [2.75, 3.05) is 6.54 Å². The minimum absolute atomic E-state index is 0.132. The van der Waals surface area contributed by atoms with Gasteiger partial charge in [-0.3, -0.25) is 14.4 Å². The Labute approximate surface area is 195 Å². The van der Waals surface area contributed by atoms with Gasteiger partial charge in [0.25, 0.3) is 0 Å². The number of carbonyl (C=O) groups is 3. The Balaban J connectivity index is 1.51. The lowest BCUT2D eigenvalue weighted by Crippen LogP contribution is -2.48. The predicted molar refractivity (Wildman–Crippen MR) is 126 cm³/mol. The first-order valence-corrected chi connectivity index (χ1v) is 11.9. The molecule has 1 aliphatic rings. The number of imidazole rings is 1. The lowest BCUT2D eigenvalue weighted by Gasteiger charge is -2.26. The van der Waals surface area contributed by atoms with Crippen molar-refractivity contribution >= 4 is 17.7 Å². The second-order valence-corrected chi connectivity index (χ2v) is 8.85. The van der Waals surface area contributed by atoms with Crippen LogP contribution in [0.5, 0.6) is 0 Å². The number of nitrogens with zero attached hydrogens (tertiary/aromatic N) is 1. The van der Waals surface area contributed by atoms with E-state index < -0.39 is 11.9 Å². The molecule has 33 heavy (non-hydrogen) atoms. The molecule has 1 aromatic carbocycles. The highest BCUT2D eigenvalue weighted by atomic mass is 16.2. The molecule has 2 aromatic rings. The third kappa shape index (κ3) is 8.04. The van der Waals surface area contributed by atoms with Crippen LogP contribution in [0.25, 0.3) is 0 Å². The van der Waals surface area contributed by atoms with E-state index >= 15 is 0 Å². The van der Waals surface area contributed by atoms with Crippen molar-refractivity contribution in [3.05, 3.63) is 53.6 Å². The summed E-state index contributed by atoms with van der Waals surface area (Å²) in [6, 6.07) is 6.66. The quantitative estimate of drug-likeness (QED) is 0.393. The highest BCUT2D eigenvalue weighted by Gasteiger charge is 2.25. The number of primary amides is 1. The Morgan fingerprint density at radius 1 is 1.12 bits per heavy atom. The van der Waals surface area contributed by atoms with Crippen LogP contribution in [0.3, 0.4) is 0 Å². The lowest BCUT2D eigenvalue weighted by atomic mass is 9.84. The van der Waals surface area contributed by atoms with Gasteiger partial charge in [0.05, 0.1) is 6.33 Å². The Hall–Kier alpha value is -3.16. The van der Waals surface area contributed by atoms with Gasteiger partial charge in [-0.05, 0) is 36.8 Å². The molecular formula is C25H35N5O3. The first-order valence-electron chi connectivity index (χ1n) is 11.9. The minimum Gasteiger partial charge on any atom is -0.366 e. The van der Waals surface area contributed by atoms with Gasteiger partial charge >= 0.3 is 0 Å². The summed E-state index contributed by atoms with van der Waals surface area (Å²) in [6.45, 7) is 0.488. The average Bonchev–Trinajstić information content (AvgIpc) is 3.33. The summed E-state index contributed by atoms with van der Waals surface area (Å²) in [6.07, 6.45) is 12.0. The monoisotopic (exact) mass is 453 g/mol. The molecule has 0 aliphatic heterocycles. The number of nitrogens with two attached hydrogens (primary N) is 1. The zero-order valence-corrected chi connectivity index (χ0v) is 19.1. The standard InChI is InChI=1S/C25H35N5O3/c26-24(32)21-11-5-4-9-19(21)10-6-12-23(31)30-22(15-18-7-2-1-3-8-18)25(33)28-14-13-20-16-27-17-29-20/h4-5,9,11,16-18,22H,1-3,6-8,10,12-15H2,(H2,26,32)(H,27,29)(H,28,33)(H,30,31). The smallest absolute Gasteiger partial charge is 0.248 e. The molecule has 1 aromatic heterocycles. The zero-order chi connectivity index (χ0) is 23.5. The maximum absolute atomic E-state index is 12.9. The van der Waals surface area contributed by atoms with Crippen LogP contribution in [0.4, 0.5) is 0 Å². The van der Waals surface area contributed by atoms with Crippen molar-refractivity contribution in [1.82, 2.24) is 20.6 Å². The molecule has 8 nitrogen and oxygen atoms in total. The van der Waals surface area contributed by atoms with Gasteiger partial charge in [-0.2, -0.15) is 0 Å². The fourth-order valence-corrected chi connectivity index (χ4v) is 4.54. The van der Waals surface area contributed by atoms with E-state index in [9.17, 15) is 14.4 Å². The second-order valence-electron chi connectivity index (χ2n) is 8.85. The number of rotatable bonds is 12. The fraction of sp³-hybridized carbons (Fsp3) is 0.520. The van der Waals surface area contributed by atoms with Gasteiger partial charge in [-0.1, -0.05) is 50.3 Å². The number of nitrogens with one attached hydrogen (secondary N) is 3. The molecule has 0 bridgehead atoms. The molecule has 1 fully saturated rings. The number of hydrogen-bond acceptors (Lipinski definition) is 4. The van der Waals surface area contributed by atoms with Gasteiger partial charge in [0.15, 0.2) is 0 Å². The highest BCUT2D eigenvalue weighted by Crippen LogP contribution is 2.27. The number of hydrogen-bond donors (Lipinski definition) is 4. The molecule has 1 heterocycles. The van der Waals surface area contributed by atoms with Crippen LogP contribution in [0.1, 0.15) is 73.0 Å². The third-order valence-corrected chi connectivity index (χ3v) is 6.33. The number of amides is 3. The summed E-state index contributed by atoms with van der Waals surface area (Å²) in [4.78, 5) is 44.2. The van der Waals surface area contributed by atoms with E-state index in [0.29, 0.717) is 43.7 Å². The summed E-state index contributed by atoms with van der Waals surface area (Å²) in [5, 5.41) is 5.93. The van der Waals surface area contributed by atoms with Crippen molar-refractivity contribution < 1.29 is 14.4 Å². The first-order chi connectivity index (χ1) is 16.0. The number of aryl methyl sites for hydroxylation is 1. The van der Waals surface area contributed by atoms with Crippen LogP contribution in [-0.2, 0) is 22.4 Å². The Kier molecular flexibility index (Phi) is 9.47. The van der Waals surface area contributed by atoms with Crippen LogP contribution < -0.4 is 16.4 Å². The molecule has 3 amide bonds. The van der Waals surface area contributed by atoms with Crippen LogP contribution in [-0.4, -0.2) is 40.3 Å². The summed E-state index contributed by atoms with van der Waals surface area (Å²) in [7, 11) is 0. The molecule has 3 rings (SSSR count). The number of benzene rings is 1.